The van der Waals surface area contributed by atoms with Gasteiger partial charge >= 0.3 is 0 Å². The van der Waals surface area contributed by atoms with Gasteiger partial charge in [-0.25, -0.2) is 0 Å². The number of anilines is 2. The van der Waals surface area contributed by atoms with Crippen LogP contribution in [0.5, 0.6) is 34.5 Å². The summed E-state index contributed by atoms with van der Waals surface area (Å²) in [4.78, 5) is 0. The van der Waals surface area contributed by atoms with Gasteiger partial charge in [0.1, 0.15) is 34.5 Å². The van der Waals surface area contributed by atoms with Crippen molar-refractivity contribution in [1.29, 1.82) is 0 Å². The molecule has 6 heteroatoms. The summed E-state index contributed by atoms with van der Waals surface area (Å²) in [6.07, 6.45) is 21.4. The van der Waals surface area contributed by atoms with Gasteiger partial charge in [0.05, 0.1) is 11.4 Å². The summed E-state index contributed by atoms with van der Waals surface area (Å²) in [6, 6.07) is 25.9. The summed E-state index contributed by atoms with van der Waals surface area (Å²) < 4.78 is 13.9. The van der Waals surface area contributed by atoms with Gasteiger partial charge in [-0.15, -0.1) is 0 Å². The molecule has 0 heterocycles. The average molecular weight is 859 g/mol. The lowest BCUT2D eigenvalue weighted by Crippen LogP contribution is -2.56. The molecule has 4 aromatic carbocycles. The Labute approximate surface area is 380 Å². The molecule has 12 fully saturated rings. The number of phenolic OH excluding ortho intramolecular Hbond substituents is 2. The molecule has 336 valence electrons. The molecule has 0 saturated heterocycles. The van der Waals surface area contributed by atoms with E-state index in [2.05, 4.69) is 88.4 Å². The fourth-order valence-electron chi connectivity index (χ4n) is 20.6. The predicted octanol–water partition coefficient (Wildman–Crippen LogP) is 14.1. The number of hydrogen-bond acceptors (Lipinski definition) is 6. The first-order valence-corrected chi connectivity index (χ1v) is 25.3. The number of rotatable bonds is 8. The summed E-state index contributed by atoms with van der Waals surface area (Å²) >= 11 is 0. The van der Waals surface area contributed by atoms with Gasteiger partial charge in [0.15, 0.2) is 0 Å². The van der Waals surface area contributed by atoms with Crippen LogP contribution in [-0.4, -0.2) is 10.2 Å². The molecule has 0 amide bonds. The molecule has 6 nitrogen and oxygen atoms in total. The van der Waals surface area contributed by atoms with Crippen molar-refractivity contribution in [3.8, 4) is 34.5 Å². The third-order valence-electron chi connectivity index (χ3n) is 20.2. The van der Waals surface area contributed by atoms with Gasteiger partial charge in [0.25, 0.3) is 0 Å². The van der Waals surface area contributed by atoms with Gasteiger partial charge in [-0.3, -0.25) is 0 Å². The first kappa shape index (κ1) is 40.0. The maximum absolute atomic E-state index is 11.0. The molecular weight excluding hydrogens is 789 g/mol. The van der Waals surface area contributed by atoms with Crippen molar-refractivity contribution >= 4 is 11.4 Å². The van der Waals surface area contributed by atoms with Gasteiger partial charge in [0, 0.05) is 39.5 Å². The molecule has 12 bridgehead atoms. The minimum Gasteiger partial charge on any atom is -0.506 e. The smallest absolute Gasteiger partial charge is 0.142 e. The standard InChI is InChI=1S/C58H70N2O4/c1-52-22-36-23-53(2,28-52)31-56(26-36,30-52)44-18-46(59)48(61)20-50(44)63-42-9-5-38(6-10-42)58(40-14-34-13-35(16-40)17-41(58)15-34)39-7-11-43(12-8-39)64-51-21-49(62)47(60)19-45(51)57-27-37-24-54(3,32-57)29-55(4,25-37)33-57/h5-12,18-21,34-37,40-41,61-62H,13-17,22-33,59-60H2,1-4H3. The molecule has 64 heavy (non-hydrogen) atoms. The number of hydrogen-bond donors (Lipinski definition) is 4. The lowest BCUT2D eigenvalue weighted by molar-refractivity contribution is -0.110. The zero-order chi connectivity index (χ0) is 43.8. The fraction of sp³-hybridized carbons (Fsp3) is 0.586. The quantitative estimate of drug-likeness (QED) is 0.104. The van der Waals surface area contributed by atoms with E-state index in [-0.39, 0.29) is 27.7 Å². The Balaban J connectivity index is 0.832. The monoisotopic (exact) mass is 859 g/mol. The topological polar surface area (TPSA) is 111 Å². The summed E-state index contributed by atoms with van der Waals surface area (Å²) in [5, 5.41) is 22.0. The number of benzene rings is 4. The minimum absolute atomic E-state index is 0.0155. The largest absolute Gasteiger partial charge is 0.506 e. The van der Waals surface area contributed by atoms with E-state index in [1.807, 2.05) is 0 Å². The Morgan fingerprint density at radius 1 is 0.453 bits per heavy atom. The highest BCUT2D eigenvalue weighted by atomic mass is 16.5. The van der Waals surface area contributed by atoms with Crippen molar-refractivity contribution in [3.05, 3.63) is 95.1 Å². The van der Waals surface area contributed by atoms with Crippen LogP contribution in [0, 0.1) is 57.2 Å². The lowest BCUT2D eigenvalue weighted by atomic mass is 9.39. The van der Waals surface area contributed by atoms with E-state index in [1.165, 1.54) is 106 Å². The van der Waals surface area contributed by atoms with Crippen LogP contribution in [-0.2, 0) is 16.2 Å². The number of nitrogen functional groups attached to an aromatic ring is 2. The van der Waals surface area contributed by atoms with E-state index in [1.54, 1.807) is 12.1 Å². The summed E-state index contributed by atoms with van der Waals surface area (Å²) in [5.41, 5.74) is 20.3. The van der Waals surface area contributed by atoms with Gasteiger partial charge < -0.3 is 31.2 Å². The molecule has 4 atom stereocenters. The molecule has 0 aromatic heterocycles. The maximum atomic E-state index is 11.0. The first-order valence-electron chi connectivity index (χ1n) is 25.3. The second kappa shape index (κ2) is 13.0. The van der Waals surface area contributed by atoms with E-state index in [9.17, 15) is 10.2 Å². The van der Waals surface area contributed by atoms with Gasteiger partial charge in [-0.05, 0) is 214 Å². The summed E-state index contributed by atoms with van der Waals surface area (Å²) in [6.45, 7) is 10.1. The third-order valence-corrected chi connectivity index (χ3v) is 20.2. The van der Waals surface area contributed by atoms with Crippen LogP contribution in [0.2, 0.25) is 0 Å². The normalized spacial score (nSPS) is 42.9. The zero-order valence-corrected chi connectivity index (χ0v) is 38.8. The summed E-state index contributed by atoms with van der Waals surface area (Å²) in [7, 11) is 0. The Morgan fingerprint density at radius 3 is 1.16 bits per heavy atom. The number of phenols is 2. The van der Waals surface area contributed by atoms with Crippen molar-refractivity contribution in [2.75, 3.05) is 11.5 Å². The Kier molecular flexibility index (Phi) is 8.11. The van der Waals surface area contributed by atoms with Crippen molar-refractivity contribution in [1.82, 2.24) is 0 Å². The Morgan fingerprint density at radius 2 is 0.812 bits per heavy atom. The molecule has 12 aliphatic rings. The third kappa shape index (κ3) is 5.87. The fourth-order valence-corrected chi connectivity index (χ4v) is 20.6. The highest BCUT2D eigenvalue weighted by Crippen LogP contribution is 2.73. The van der Waals surface area contributed by atoms with Crippen LogP contribution in [0.15, 0.2) is 72.8 Å². The maximum Gasteiger partial charge on any atom is 0.142 e. The molecule has 0 aliphatic heterocycles. The van der Waals surface area contributed by atoms with E-state index in [0.29, 0.717) is 44.9 Å². The van der Waals surface area contributed by atoms with E-state index < -0.39 is 0 Å². The van der Waals surface area contributed by atoms with Gasteiger partial charge in [-0.2, -0.15) is 0 Å². The number of ether oxygens (including phenoxy) is 2. The van der Waals surface area contributed by atoms with Crippen LogP contribution in [0.3, 0.4) is 0 Å². The van der Waals surface area contributed by atoms with Gasteiger partial charge in [-0.1, -0.05) is 52.0 Å². The van der Waals surface area contributed by atoms with Crippen LogP contribution in [0.1, 0.15) is 159 Å². The van der Waals surface area contributed by atoms with Crippen molar-refractivity contribution in [3.63, 3.8) is 0 Å². The molecule has 0 radical (unpaired) electrons. The molecule has 4 unspecified atom stereocenters. The zero-order valence-electron chi connectivity index (χ0n) is 38.8. The van der Waals surface area contributed by atoms with Crippen molar-refractivity contribution in [2.24, 2.45) is 57.2 Å². The van der Waals surface area contributed by atoms with Crippen molar-refractivity contribution in [2.45, 2.75) is 153 Å². The Hall–Kier alpha value is -4.32. The van der Waals surface area contributed by atoms with Crippen LogP contribution >= 0.6 is 0 Å². The van der Waals surface area contributed by atoms with Crippen LogP contribution < -0.4 is 20.9 Å². The van der Waals surface area contributed by atoms with Crippen LogP contribution in [0.25, 0.3) is 0 Å². The minimum atomic E-state index is -0.0894. The SMILES string of the molecule is CC12CC3CC(C)(C1)CC(c1cc(N)c(O)cc1Oc1ccc(C4(c5ccc(Oc6cc(O)c(N)cc6C67CC8CC(C)(CC(C)(C8)C6)C7)cc5)C5CC6CC(C5)CC4C6)cc1)(C3)C2. The van der Waals surface area contributed by atoms with Gasteiger partial charge in [0.2, 0.25) is 0 Å². The van der Waals surface area contributed by atoms with Crippen LogP contribution in [0.4, 0.5) is 11.4 Å². The average Bonchev–Trinajstić information content (AvgIpc) is 3.18. The predicted molar refractivity (Wildman–Crippen MR) is 254 cm³/mol. The second-order valence-corrected chi connectivity index (χ2v) is 26.1. The second-order valence-electron chi connectivity index (χ2n) is 26.1. The highest BCUT2D eigenvalue weighted by molar-refractivity contribution is 5.63. The summed E-state index contributed by atoms with van der Waals surface area (Å²) in [5.74, 6) is 7.62. The molecule has 12 saturated carbocycles. The van der Waals surface area contributed by atoms with Crippen molar-refractivity contribution < 1.29 is 19.7 Å². The lowest BCUT2D eigenvalue weighted by Gasteiger charge is -2.65. The molecule has 16 rings (SSSR count). The first-order chi connectivity index (χ1) is 30.4. The molecule has 4 aromatic rings. The van der Waals surface area contributed by atoms with E-state index in [0.717, 1.165) is 72.4 Å². The molecular formula is C58H70N2O4. The molecule has 12 aliphatic carbocycles. The van der Waals surface area contributed by atoms with E-state index >= 15 is 0 Å². The molecule has 6 N–H and O–H groups in total. The van der Waals surface area contributed by atoms with E-state index in [4.69, 9.17) is 20.9 Å². The Bertz CT molecular complexity index is 2350. The highest BCUT2D eigenvalue weighted by Gasteiger charge is 2.63. The molecule has 0 spiro atoms. The number of nitrogens with two attached hydrogens (primary N) is 2. The number of aromatic hydroxyl groups is 2.